The zero-order chi connectivity index (χ0) is 28.0. The third-order valence-corrected chi connectivity index (χ3v) is 10.2. The third-order valence-electron chi connectivity index (χ3n) is 8.54. The number of rotatable bonds is 3. The van der Waals surface area contributed by atoms with Crippen LogP contribution in [0.5, 0.6) is 5.75 Å². The number of carbonyl (C=O) groups excluding carboxylic acids is 1. The van der Waals surface area contributed by atoms with Gasteiger partial charge < -0.3 is 24.6 Å². The van der Waals surface area contributed by atoms with E-state index in [2.05, 4.69) is 46.2 Å². The number of benzene rings is 1. The molecule has 11 heteroatoms. The molecule has 0 bridgehead atoms. The summed E-state index contributed by atoms with van der Waals surface area (Å²) >= 11 is 0. The van der Waals surface area contributed by atoms with Gasteiger partial charge in [-0.25, -0.2) is 18.4 Å². The summed E-state index contributed by atoms with van der Waals surface area (Å²) in [6, 6.07) is 4.37. The van der Waals surface area contributed by atoms with Gasteiger partial charge >= 0.3 is 0 Å². The maximum Gasteiger partial charge on any atom is 0.298 e. The first-order chi connectivity index (χ1) is 19.2. The maximum absolute atomic E-state index is 12.2. The molecular weight excluding hydrogens is 530 g/mol. The number of hydrogen-bond donors (Lipinski definition) is 1. The lowest BCUT2D eigenvalue weighted by Gasteiger charge is -2.44. The molecule has 4 aliphatic rings. The second-order valence-electron chi connectivity index (χ2n) is 11.2. The molecule has 6 rings (SSSR count). The molecule has 1 aromatic carbocycles. The molecule has 2 saturated heterocycles. The minimum Gasteiger partial charge on any atom is -0.483 e. The van der Waals surface area contributed by atoms with Crippen LogP contribution in [0.2, 0.25) is 0 Å². The van der Waals surface area contributed by atoms with Gasteiger partial charge in [-0.2, -0.15) is 0 Å². The fourth-order valence-corrected chi connectivity index (χ4v) is 7.46. The minimum absolute atomic E-state index is 0.0450. The van der Waals surface area contributed by atoms with E-state index in [4.69, 9.17) is 9.47 Å². The number of morpholine rings is 1. The van der Waals surface area contributed by atoms with Crippen LogP contribution in [-0.2, 0) is 19.4 Å². The van der Waals surface area contributed by atoms with Gasteiger partial charge in [0.15, 0.2) is 9.84 Å². The Kier molecular flexibility index (Phi) is 7.09. The highest BCUT2D eigenvalue weighted by Gasteiger charge is 2.40. The summed E-state index contributed by atoms with van der Waals surface area (Å²) in [7, 11) is -3.01. The van der Waals surface area contributed by atoms with Crippen LogP contribution in [0.3, 0.4) is 0 Å². The number of sulfone groups is 1. The highest BCUT2D eigenvalue weighted by Crippen LogP contribution is 2.49. The van der Waals surface area contributed by atoms with Crippen LogP contribution in [0, 0.1) is 24.7 Å². The molecule has 2 aromatic rings. The van der Waals surface area contributed by atoms with Gasteiger partial charge in [0.2, 0.25) is 0 Å². The molecule has 4 heterocycles. The molecule has 0 radical (unpaired) electrons. The van der Waals surface area contributed by atoms with Crippen LogP contribution in [0.25, 0.3) is 0 Å². The number of carbonyl (C=O) groups is 1. The van der Waals surface area contributed by atoms with Gasteiger partial charge in [-0.05, 0) is 68.6 Å². The van der Waals surface area contributed by atoms with Gasteiger partial charge in [0, 0.05) is 26.2 Å². The first-order valence-corrected chi connectivity index (χ1v) is 15.8. The molecule has 0 spiro atoms. The van der Waals surface area contributed by atoms with Gasteiger partial charge in [-0.1, -0.05) is 12.0 Å². The fourth-order valence-electron chi connectivity index (χ4n) is 6.26. The minimum atomic E-state index is -3.01. The average molecular weight is 566 g/mol. The van der Waals surface area contributed by atoms with E-state index in [1.807, 2.05) is 16.7 Å². The van der Waals surface area contributed by atoms with Crippen molar-refractivity contribution in [3.63, 3.8) is 0 Å². The summed E-state index contributed by atoms with van der Waals surface area (Å²) in [5.41, 5.74) is 4.00. The smallest absolute Gasteiger partial charge is 0.298 e. The molecule has 1 saturated carbocycles. The summed E-state index contributed by atoms with van der Waals surface area (Å²) < 4.78 is 36.5. The predicted molar refractivity (Wildman–Crippen MR) is 152 cm³/mol. The van der Waals surface area contributed by atoms with Crippen LogP contribution >= 0.6 is 0 Å². The Hall–Kier alpha value is -3.36. The first-order valence-electron chi connectivity index (χ1n) is 13.9. The molecule has 3 fully saturated rings. The number of hydrogen-bond acceptors (Lipinski definition) is 9. The number of nitrogens with one attached hydrogen (secondary N) is 1. The van der Waals surface area contributed by atoms with E-state index in [1.165, 1.54) is 11.9 Å². The van der Waals surface area contributed by atoms with E-state index in [1.54, 1.807) is 6.92 Å². The molecular formula is C29H35N5O5S. The lowest BCUT2D eigenvalue weighted by Crippen LogP contribution is -2.50. The van der Waals surface area contributed by atoms with Gasteiger partial charge in [-0.15, -0.1) is 0 Å². The largest absolute Gasteiger partial charge is 0.483 e. The van der Waals surface area contributed by atoms with Gasteiger partial charge in [-0.3, -0.25) is 4.79 Å². The van der Waals surface area contributed by atoms with Crippen molar-refractivity contribution in [2.75, 3.05) is 54.5 Å². The molecule has 40 heavy (non-hydrogen) atoms. The van der Waals surface area contributed by atoms with Gasteiger partial charge in [0.25, 0.3) is 5.91 Å². The Morgan fingerprint density at radius 3 is 2.67 bits per heavy atom. The summed E-state index contributed by atoms with van der Waals surface area (Å²) in [6.07, 6.45) is 3.26. The molecule has 3 aliphatic heterocycles. The van der Waals surface area contributed by atoms with E-state index < -0.39 is 9.84 Å². The van der Waals surface area contributed by atoms with Crippen molar-refractivity contribution in [1.82, 2.24) is 14.9 Å². The Morgan fingerprint density at radius 1 is 1.15 bits per heavy atom. The molecule has 10 nitrogen and oxygen atoms in total. The van der Waals surface area contributed by atoms with Crippen LogP contribution in [0.4, 0.5) is 17.3 Å². The van der Waals surface area contributed by atoms with E-state index >= 15 is 0 Å². The topological polar surface area (TPSA) is 114 Å². The van der Waals surface area contributed by atoms with Crippen molar-refractivity contribution in [3.05, 3.63) is 35.2 Å². The number of ether oxygens (including phenoxy) is 2. The predicted octanol–water partition coefficient (Wildman–Crippen LogP) is 2.96. The molecule has 2 atom stereocenters. The Labute approximate surface area is 235 Å². The van der Waals surface area contributed by atoms with Gasteiger partial charge in [0.05, 0.1) is 35.5 Å². The maximum atomic E-state index is 12.2. The number of fused-ring (bicyclic) bond motifs is 2. The zero-order valence-electron chi connectivity index (χ0n) is 23.1. The Morgan fingerprint density at radius 2 is 1.93 bits per heavy atom. The lowest BCUT2D eigenvalue weighted by molar-refractivity contribution is -0.137. The molecule has 1 unspecified atom stereocenters. The quantitative estimate of drug-likeness (QED) is 0.561. The van der Waals surface area contributed by atoms with Crippen LogP contribution in [0.1, 0.15) is 55.4 Å². The molecule has 212 valence electrons. The summed E-state index contributed by atoms with van der Waals surface area (Å²) in [4.78, 5) is 25.2. The number of amides is 1. The Balaban J connectivity index is 1.19. The molecule has 1 N–H and O–H groups in total. The average Bonchev–Trinajstić information content (AvgIpc) is 3.04. The molecule has 1 aromatic heterocycles. The number of nitrogens with zero attached hydrogens (tertiary/aromatic N) is 4. The highest BCUT2D eigenvalue weighted by atomic mass is 32.2. The van der Waals surface area contributed by atoms with E-state index in [0.29, 0.717) is 50.4 Å². The number of aryl methyl sites for hydroxylation is 1. The second-order valence-corrected chi connectivity index (χ2v) is 13.5. The SMILES string of the molecule is CC#CC(=O)N1CCOC([C@H]2C[C@H](c3cc(C)c4c(c3)Nc3ncnc(N5CCS(=O)(=O)CC5)c3[C@@H](C)O4)C2)C1. The van der Waals surface area contributed by atoms with Crippen molar-refractivity contribution in [2.45, 2.75) is 51.7 Å². The van der Waals surface area contributed by atoms with Crippen molar-refractivity contribution in [2.24, 2.45) is 5.92 Å². The zero-order valence-corrected chi connectivity index (χ0v) is 24.0. The fraction of sp³-hybridized carbons (Fsp3) is 0.552. The van der Waals surface area contributed by atoms with Crippen LogP contribution in [-0.4, -0.2) is 79.6 Å². The second kappa shape index (κ2) is 10.6. The van der Waals surface area contributed by atoms with Crippen molar-refractivity contribution < 1.29 is 22.7 Å². The summed E-state index contributed by atoms with van der Waals surface area (Å²) in [5.74, 6) is 8.46. The van der Waals surface area contributed by atoms with Crippen LogP contribution in [0.15, 0.2) is 18.5 Å². The van der Waals surface area contributed by atoms with Crippen molar-refractivity contribution in [1.29, 1.82) is 0 Å². The number of aromatic nitrogens is 2. The molecule has 1 amide bonds. The standard InChI is InChI=1S/C29H35N5O5S/c1-4-5-25(35)34-6-9-38-24(16-34)22-13-21(14-22)20-12-18(2)27-23(15-20)32-28-26(19(3)39-27)29(31-17-30-28)33-7-10-40(36,37)11-8-33/h12,15,17,19,21-22,24H,6-11,13-14,16H2,1-3H3,(H,30,31,32)/t19-,21-,22-,24?/m1/s1. The van der Waals surface area contributed by atoms with Crippen molar-refractivity contribution >= 4 is 33.1 Å². The van der Waals surface area contributed by atoms with Crippen molar-refractivity contribution in [3.8, 4) is 17.6 Å². The summed E-state index contributed by atoms with van der Waals surface area (Å²) in [5, 5.41) is 3.52. The van der Waals surface area contributed by atoms with E-state index in [9.17, 15) is 13.2 Å². The molecule has 1 aliphatic carbocycles. The normalized spacial score (nSPS) is 27.0. The third kappa shape index (κ3) is 5.10. The van der Waals surface area contributed by atoms with E-state index in [0.717, 1.165) is 41.2 Å². The first kappa shape index (κ1) is 26.8. The van der Waals surface area contributed by atoms with Gasteiger partial charge in [0.1, 0.15) is 29.8 Å². The highest BCUT2D eigenvalue weighted by molar-refractivity contribution is 7.91. The lowest BCUT2D eigenvalue weighted by atomic mass is 9.68. The number of anilines is 3. The van der Waals surface area contributed by atoms with Crippen LogP contribution < -0.4 is 15.0 Å². The summed E-state index contributed by atoms with van der Waals surface area (Å²) in [6.45, 7) is 8.28. The van der Waals surface area contributed by atoms with E-state index in [-0.39, 0.29) is 29.6 Å². The monoisotopic (exact) mass is 565 g/mol. The Bertz CT molecular complexity index is 1480.